The summed E-state index contributed by atoms with van der Waals surface area (Å²) in [6.45, 7) is 1.86. The van der Waals surface area contributed by atoms with Gasteiger partial charge in [0.15, 0.2) is 5.82 Å². The molecule has 0 fully saturated rings. The van der Waals surface area contributed by atoms with Gasteiger partial charge < -0.3 is 16.2 Å². The van der Waals surface area contributed by atoms with Crippen molar-refractivity contribution in [1.29, 1.82) is 0 Å². The fourth-order valence-electron chi connectivity index (χ4n) is 2.81. The van der Waals surface area contributed by atoms with Gasteiger partial charge in [0, 0.05) is 23.7 Å². The molecule has 0 aliphatic carbocycles. The van der Waals surface area contributed by atoms with Crippen LogP contribution in [0.5, 0.6) is 0 Å². The molecular formula is C16H18ClN5O2. The Labute approximate surface area is 144 Å². The van der Waals surface area contributed by atoms with Crippen molar-refractivity contribution in [2.24, 2.45) is 5.73 Å². The van der Waals surface area contributed by atoms with Gasteiger partial charge in [-0.2, -0.15) is 10.1 Å². The molecule has 7 nitrogen and oxygen atoms in total. The lowest BCUT2D eigenvalue weighted by atomic mass is 9.95. The first-order valence-corrected chi connectivity index (χ1v) is 7.98. The van der Waals surface area contributed by atoms with Crippen LogP contribution in [0.3, 0.4) is 0 Å². The highest BCUT2D eigenvalue weighted by atomic mass is 35.5. The van der Waals surface area contributed by atoms with E-state index in [0.29, 0.717) is 40.9 Å². The van der Waals surface area contributed by atoms with E-state index in [1.165, 1.54) is 0 Å². The monoisotopic (exact) mass is 347 g/mol. The zero-order valence-electron chi connectivity index (χ0n) is 13.2. The summed E-state index contributed by atoms with van der Waals surface area (Å²) in [5.41, 5.74) is 7.53. The quantitative estimate of drug-likeness (QED) is 0.762. The van der Waals surface area contributed by atoms with Crippen LogP contribution in [-0.4, -0.2) is 32.4 Å². The van der Waals surface area contributed by atoms with Crippen LogP contribution in [0.15, 0.2) is 35.5 Å². The molecule has 1 aromatic heterocycles. The standard InChI is InChI=1S/C16H18ClN5O2/c1-9-13(15(18)24)14(10-4-6-11(17)7-5-10)22-16(19-9)20-12(21-22)3-2-8-23/h4-7,14,23H,2-3,8H2,1H3,(H2,18,24)(H,19,20,21)/t14-/m1/s1. The summed E-state index contributed by atoms with van der Waals surface area (Å²) in [7, 11) is 0. The molecule has 4 N–H and O–H groups in total. The molecule has 1 atom stereocenters. The number of benzene rings is 1. The van der Waals surface area contributed by atoms with Gasteiger partial charge >= 0.3 is 0 Å². The van der Waals surface area contributed by atoms with E-state index in [1.54, 1.807) is 23.7 Å². The third-order valence-corrected chi connectivity index (χ3v) is 4.16. The average Bonchev–Trinajstić information content (AvgIpc) is 2.94. The molecule has 126 valence electrons. The summed E-state index contributed by atoms with van der Waals surface area (Å²) in [6, 6.07) is 6.74. The van der Waals surface area contributed by atoms with Crippen LogP contribution in [0, 0.1) is 0 Å². The van der Waals surface area contributed by atoms with Gasteiger partial charge in [0.05, 0.1) is 5.57 Å². The highest BCUT2D eigenvalue weighted by Crippen LogP contribution is 2.35. The number of amides is 1. The van der Waals surface area contributed by atoms with Crippen molar-refractivity contribution in [1.82, 2.24) is 14.8 Å². The highest BCUT2D eigenvalue weighted by molar-refractivity contribution is 6.30. The maximum Gasteiger partial charge on any atom is 0.248 e. The number of halogens is 1. The number of aryl methyl sites for hydroxylation is 1. The van der Waals surface area contributed by atoms with Gasteiger partial charge in [-0.15, -0.1) is 0 Å². The number of hydrogen-bond donors (Lipinski definition) is 3. The third kappa shape index (κ3) is 3.00. The number of allylic oxidation sites excluding steroid dienone is 1. The van der Waals surface area contributed by atoms with Gasteiger partial charge in [-0.25, -0.2) is 4.68 Å². The van der Waals surface area contributed by atoms with Gasteiger partial charge in [-0.1, -0.05) is 23.7 Å². The first-order chi connectivity index (χ1) is 11.5. The Kier molecular flexibility index (Phi) is 4.55. The van der Waals surface area contributed by atoms with E-state index >= 15 is 0 Å². The lowest BCUT2D eigenvalue weighted by Gasteiger charge is -2.27. The zero-order chi connectivity index (χ0) is 17.3. The molecular weight excluding hydrogens is 330 g/mol. The number of anilines is 1. The van der Waals surface area contributed by atoms with Crippen LogP contribution in [0.1, 0.15) is 30.8 Å². The van der Waals surface area contributed by atoms with E-state index in [-0.39, 0.29) is 6.61 Å². The van der Waals surface area contributed by atoms with Crippen molar-refractivity contribution in [3.8, 4) is 0 Å². The number of nitrogens with zero attached hydrogens (tertiary/aromatic N) is 3. The molecule has 0 saturated carbocycles. The largest absolute Gasteiger partial charge is 0.396 e. The Morgan fingerprint density at radius 1 is 1.42 bits per heavy atom. The molecule has 1 amide bonds. The van der Waals surface area contributed by atoms with Gasteiger partial charge in [0.1, 0.15) is 6.04 Å². The molecule has 1 aromatic carbocycles. The van der Waals surface area contributed by atoms with Crippen molar-refractivity contribution in [2.45, 2.75) is 25.8 Å². The van der Waals surface area contributed by atoms with Crippen LogP contribution in [0.25, 0.3) is 0 Å². The van der Waals surface area contributed by atoms with Crippen LogP contribution in [-0.2, 0) is 11.2 Å². The van der Waals surface area contributed by atoms with Crippen LogP contribution < -0.4 is 11.1 Å². The Balaban J connectivity index is 2.09. The molecule has 0 unspecified atom stereocenters. The Morgan fingerprint density at radius 2 is 2.12 bits per heavy atom. The Hall–Kier alpha value is -2.38. The number of nitrogens with two attached hydrogens (primary N) is 1. The van der Waals surface area contributed by atoms with Gasteiger partial charge in [0.25, 0.3) is 0 Å². The lowest BCUT2D eigenvalue weighted by Crippen LogP contribution is -2.31. The lowest BCUT2D eigenvalue weighted by molar-refractivity contribution is -0.115. The van der Waals surface area contributed by atoms with E-state index in [4.69, 9.17) is 22.4 Å². The number of fused-ring (bicyclic) bond motifs is 1. The van der Waals surface area contributed by atoms with Crippen molar-refractivity contribution < 1.29 is 9.90 Å². The Bertz CT molecular complexity index is 797. The predicted octanol–water partition coefficient (Wildman–Crippen LogP) is 1.63. The summed E-state index contributed by atoms with van der Waals surface area (Å²) in [4.78, 5) is 16.5. The van der Waals surface area contributed by atoms with E-state index in [2.05, 4.69) is 15.4 Å². The zero-order valence-corrected chi connectivity index (χ0v) is 13.9. The number of aromatic nitrogens is 3. The fourth-order valence-corrected chi connectivity index (χ4v) is 2.94. The topological polar surface area (TPSA) is 106 Å². The highest BCUT2D eigenvalue weighted by Gasteiger charge is 2.33. The number of hydrogen-bond acceptors (Lipinski definition) is 5. The SMILES string of the molecule is CC1=C(C(N)=O)[C@@H](c2ccc(Cl)cc2)n2nc(CCCO)nc2N1. The van der Waals surface area contributed by atoms with Gasteiger partial charge in [0.2, 0.25) is 11.9 Å². The first kappa shape index (κ1) is 16.5. The number of rotatable bonds is 5. The first-order valence-electron chi connectivity index (χ1n) is 7.60. The molecule has 2 aromatic rings. The van der Waals surface area contributed by atoms with Crippen LogP contribution >= 0.6 is 11.6 Å². The normalized spacial score (nSPS) is 16.7. The summed E-state index contributed by atoms with van der Waals surface area (Å²) < 4.78 is 1.66. The minimum absolute atomic E-state index is 0.0712. The van der Waals surface area contributed by atoms with Crippen LogP contribution in [0.2, 0.25) is 5.02 Å². The van der Waals surface area contributed by atoms with E-state index in [9.17, 15) is 4.79 Å². The van der Waals surface area contributed by atoms with Crippen molar-refractivity contribution >= 4 is 23.5 Å². The van der Waals surface area contributed by atoms with Crippen molar-refractivity contribution in [3.05, 3.63) is 51.9 Å². The van der Waals surface area contributed by atoms with Gasteiger partial charge in [-0.3, -0.25) is 4.79 Å². The summed E-state index contributed by atoms with van der Waals surface area (Å²) in [6.07, 6.45) is 1.13. The van der Waals surface area contributed by atoms with Crippen LogP contribution in [0.4, 0.5) is 5.95 Å². The van der Waals surface area contributed by atoms with Crippen molar-refractivity contribution in [2.75, 3.05) is 11.9 Å². The molecule has 0 saturated heterocycles. The number of primary amides is 1. The second kappa shape index (κ2) is 6.62. The molecule has 2 heterocycles. The summed E-state index contributed by atoms with van der Waals surface area (Å²) in [5.74, 6) is 0.632. The smallest absolute Gasteiger partial charge is 0.248 e. The summed E-state index contributed by atoms with van der Waals surface area (Å²) in [5, 5.41) is 17.2. The molecule has 24 heavy (non-hydrogen) atoms. The fraction of sp³-hybridized carbons (Fsp3) is 0.312. The van der Waals surface area contributed by atoms with Crippen molar-refractivity contribution in [3.63, 3.8) is 0 Å². The number of carbonyl (C=O) groups is 1. The molecule has 0 spiro atoms. The third-order valence-electron chi connectivity index (χ3n) is 3.91. The number of nitrogens with one attached hydrogen (secondary N) is 1. The maximum absolute atomic E-state index is 12.0. The minimum Gasteiger partial charge on any atom is -0.396 e. The predicted molar refractivity (Wildman–Crippen MR) is 90.5 cm³/mol. The average molecular weight is 348 g/mol. The molecule has 1 aliphatic heterocycles. The Morgan fingerprint density at radius 3 is 2.75 bits per heavy atom. The van der Waals surface area contributed by atoms with E-state index in [1.807, 2.05) is 12.1 Å². The molecule has 0 radical (unpaired) electrons. The minimum atomic E-state index is -0.516. The molecule has 1 aliphatic rings. The second-order valence-electron chi connectivity index (χ2n) is 5.61. The number of carbonyl (C=O) groups excluding carboxylic acids is 1. The number of aliphatic hydroxyl groups is 1. The van der Waals surface area contributed by atoms with E-state index < -0.39 is 11.9 Å². The molecule has 8 heteroatoms. The maximum atomic E-state index is 12.0. The summed E-state index contributed by atoms with van der Waals surface area (Å²) >= 11 is 5.97. The van der Waals surface area contributed by atoms with Gasteiger partial charge in [-0.05, 0) is 31.0 Å². The molecule has 3 rings (SSSR count). The van der Waals surface area contributed by atoms with E-state index in [0.717, 1.165) is 5.56 Å². The second-order valence-corrected chi connectivity index (χ2v) is 6.04. The number of aliphatic hydroxyl groups excluding tert-OH is 1. The molecule has 0 bridgehead atoms.